The molecule has 0 aromatic heterocycles. The smallest absolute Gasteiger partial charge is 0 e. The second-order valence-corrected chi connectivity index (χ2v) is 38.9. The zero-order valence-corrected chi connectivity index (χ0v) is 66.5. The van der Waals surface area contributed by atoms with Crippen molar-refractivity contribution in [2.24, 2.45) is 110 Å². The zero-order chi connectivity index (χ0) is 60.0. The summed E-state index contributed by atoms with van der Waals surface area (Å²) in [6, 6.07) is 0. The van der Waals surface area contributed by atoms with Crippen molar-refractivity contribution in [3.63, 3.8) is 0 Å². The van der Waals surface area contributed by atoms with Gasteiger partial charge in [-0.2, -0.15) is 18.8 Å². The fraction of sp³-hybridized carbons (Fsp3) is 0.964. The summed E-state index contributed by atoms with van der Waals surface area (Å²) in [6.07, 6.45) is 30.7. The normalized spacial score (nSPS) is 31.2. The van der Waals surface area contributed by atoms with Gasteiger partial charge in [0.15, 0.2) is 0 Å². The standard InChI is InChI=1S/C19H36.C12H20.C10H20.C9H18.C8H15.C8H14.2C5H12.8CH4.2Y/c1-13(2)14(3,4)19(12)16(7,8)15(5,6)18(13,11)17(19,9)10;1-12(2)10-4-8-3-9(6-10)7-11(12)5-8;1-9(2)7-5-6-8-10(9,3)4;1-8(2)6-5-7-9(8,3)4;1-7-5-4-6-8(7,2)3;1-8(2)6-4-3-5-7-8;2*1-5(2,3)4;;;;;;;;;;/h1-12H3;8-11H,3-7H2,1-2H3;5-8H2,1-4H3;5-7H2,1-4H3;4-6H2,1-3H3;4,6H,3,5,7H2,1-2H3;2*1-4H3;8*1H4;;/q;;;;-1;;;;;;;;;;;;;. The molecule has 10 aliphatic carbocycles. The van der Waals surface area contributed by atoms with Crippen LogP contribution in [0.2, 0.25) is 0 Å². The van der Waals surface area contributed by atoms with Gasteiger partial charge < -0.3 is 5.92 Å². The minimum Gasteiger partial charge on any atom is -0.311 e. The van der Waals surface area contributed by atoms with E-state index < -0.39 is 0 Å². The number of allylic oxidation sites excluding steroid dienone is 2. The quantitative estimate of drug-likeness (QED) is 0.168. The molecule has 0 atom stereocenters. The molecule has 86 heavy (non-hydrogen) atoms. The Balaban J connectivity index is -0.000000114. The SMILES string of the molecule is C.C.C.C.C.C.C.C.CC(C)(C)C.CC(C)(C)C.CC1(C)C(C)(C)C2(C)C(C)(C)C(C)(C)C1(C)C2(C)C.CC1(C)C2CC3CC(C2)CC1C3.CC1(C)C=CCCC1.CC1(C)CCCC1(C)C.CC1(C)CCCCC1(C)C.C[C-]1CCCC1(C)C.[Y].[Y]. The van der Waals surface area contributed by atoms with E-state index in [4.69, 9.17) is 0 Å². The van der Waals surface area contributed by atoms with Gasteiger partial charge in [-0.3, -0.25) is 0 Å². The Bertz CT molecular complexity index is 1680. The molecular formula is C84H179Y2-. The van der Waals surface area contributed by atoms with Gasteiger partial charge in [0.05, 0.1) is 0 Å². The summed E-state index contributed by atoms with van der Waals surface area (Å²) in [5.41, 5.74) is 7.41. The molecule has 9 saturated carbocycles. The Hall–Kier alpha value is 1.95. The first-order valence-electron chi connectivity index (χ1n) is 32.9. The molecule has 0 aliphatic heterocycles. The predicted octanol–water partition coefficient (Wildman–Crippen LogP) is 31.2. The van der Waals surface area contributed by atoms with E-state index in [1.807, 2.05) is 0 Å². The molecule has 9 fully saturated rings. The van der Waals surface area contributed by atoms with Crippen LogP contribution < -0.4 is 0 Å². The Kier molecular flexibility index (Phi) is 45.1. The molecular weight excluding hydrogens is 1190 g/mol. The Labute approximate surface area is 605 Å². The van der Waals surface area contributed by atoms with Crippen LogP contribution in [0.25, 0.3) is 0 Å². The van der Waals surface area contributed by atoms with Gasteiger partial charge in [-0.1, -0.05) is 339 Å². The van der Waals surface area contributed by atoms with Crippen LogP contribution >= 0.6 is 0 Å². The van der Waals surface area contributed by atoms with Gasteiger partial charge in [-0.15, -0.1) is 0 Å². The molecule has 6 bridgehead atoms. The van der Waals surface area contributed by atoms with E-state index in [1.165, 1.54) is 83.5 Å². The van der Waals surface area contributed by atoms with E-state index >= 15 is 0 Å². The van der Waals surface area contributed by atoms with Crippen LogP contribution in [0.15, 0.2) is 12.2 Å². The number of hydrogen-bond acceptors (Lipinski definition) is 0. The molecule has 0 spiro atoms. The molecule has 522 valence electrons. The molecule has 0 amide bonds. The van der Waals surface area contributed by atoms with E-state index in [9.17, 15) is 0 Å². The number of hydrogen-bond donors (Lipinski definition) is 0. The molecule has 0 N–H and O–H groups in total. The molecule has 2 heteroatoms. The zero-order valence-electron chi connectivity index (χ0n) is 60.8. The molecule has 0 unspecified atom stereocenters. The fourth-order valence-electron chi connectivity index (χ4n) is 18.1. The van der Waals surface area contributed by atoms with Crippen molar-refractivity contribution < 1.29 is 65.4 Å². The maximum Gasteiger partial charge on any atom is 0 e. The number of fused-ring (bicyclic) bond motifs is 2. The van der Waals surface area contributed by atoms with Crippen LogP contribution in [0.4, 0.5) is 0 Å². The first-order chi connectivity index (χ1) is 33.4. The molecule has 0 saturated heterocycles. The minimum absolute atomic E-state index is 0. The third-order valence-corrected chi connectivity index (χ3v) is 27.3. The predicted molar refractivity (Wildman–Crippen MR) is 401 cm³/mol. The van der Waals surface area contributed by atoms with Crippen molar-refractivity contribution in [3.8, 4) is 0 Å². The van der Waals surface area contributed by atoms with Crippen LogP contribution in [0, 0.1) is 116 Å². The van der Waals surface area contributed by atoms with Gasteiger partial charge >= 0.3 is 0 Å². The van der Waals surface area contributed by atoms with E-state index in [0.29, 0.717) is 86.6 Å². The molecule has 0 aromatic carbocycles. The first kappa shape index (κ1) is 107. The van der Waals surface area contributed by atoms with Crippen LogP contribution in [-0.4, -0.2) is 0 Å². The van der Waals surface area contributed by atoms with E-state index in [0.717, 1.165) is 23.7 Å². The molecule has 2 radical (unpaired) electrons. The first-order valence-corrected chi connectivity index (χ1v) is 32.9. The summed E-state index contributed by atoms with van der Waals surface area (Å²) in [4.78, 5) is 0. The number of rotatable bonds is 0. The average Bonchev–Trinajstić information content (AvgIpc) is 3.70. The monoisotopic (exact) mass is 1370 g/mol. The largest absolute Gasteiger partial charge is 0.311 e. The van der Waals surface area contributed by atoms with Crippen LogP contribution in [0.5, 0.6) is 0 Å². The van der Waals surface area contributed by atoms with Gasteiger partial charge in [-0.25, -0.2) is 0 Å². The Morgan fingerprint density at radius 1 is 0.337 bits per heavy atom. The molecule has 0 heterocycles. The molecule has 10 rings (SSSR count). The molecule has 0 nitrogen and oxygen atoms in total. The third kappa shape index (κ3) is 23.1. The van der Waals surface area contributed by atoms with Crippen molar-refractivity contribution in [1.29, 1.82) is 0 Å². The summed E-state index contributed by atoms with van der Waals surface area (Å²) in [6.45, 7) is 83.7. The summed E-state index contributed by atoms with van der Waals surface area (Å²) >= 11 is 0. The second kappa shape index (κ2) is 36.3. The average molecular weight is 1370 g/mol. The van der Waals surface area contributed by atoms with Gasteiger partial charge in [0.2, 0.25) is 0 Å². The fourth-order valence-corrected chi connectivity index (χ4v) is 18.1. The van der Waals surface area contributed by atoms with Crippen molar-refractivity contribution in [2.45, 2.75) is 417 Å². The maximum absolute atomic E-state index is 2.58. The Morgan fingerprint density at radius 2 is 0.605 bits per heavy atom. The summed E-state index contributed by atoms with van der Waals surface area (Å²) in [5, 5.41) is 0. The minimum atomic E-state index is 0. The van der Waals surface area contributed by atoms with E-state index in [2.05, 4.69) is 254 Å². The van der Waals surface area contributed by atoms with Gasteiger partial charge in [0.25, 0.3) is 0 Å². The third-order valence-electron chi connectivity index (χ3n) is 27.3. The molecule has 0 aromatic rings. The Morgan fingerprint density at radius 3 is 0.756 bits per heavy atom. The van der Waals surface area contributed by atoms with Crippen LogP contribution in [-0.2, 0) is 65.4 Å². The van der Waals surface area contributed by atoms with E-state index in [-0.39, 0.29) is 125 Å². The second-order valence-electron chi connectivity index (χ2n) is 38.9. The van der Waals surface area contributed by atoms with Crippen molar-refractivity contribution in [2.75, 3.05) is 0 Å². The van der Waals surface area contributed by atoms with Crippen LogP contribution in [0.3, 0.4) is 0 Å². The van der Waals surface area contributed by atoms with Crippen molar-refractivity contribution in [3.05, 3.63) is 18.1 Å². The summed E-state index contributed by atoms with van der Waals surface area (Å²) < 4.78 is 0. The van der Waals surface area contributed by atoms with Gasteiger partial charge in [0, 0.05) is 65.4 Å². The van der Waals surface area contributed by atoms with Crippen LogP contribution in [0.1, 0.15) is 417 Å². The van der Waals surface area contributed by atoms with E-state index in [1.54, 1.807) is 38.0 Å². The van der Waals surface area contributed by atoms with Gasteiger partial charge in [0.1, 0.15) is 0 Å². The summed E-state index contributed by atoms with van der Waals surface area (Å²) in [7, 11) is 0. The molecule has 10 aliphatic rings. The van der Waals surface area contributed by atoms with Crippen molar-refractivity contribution >= 4 is 0 Å². The van der Waals surface area contributed by atoms with Gasteiger partial charge in [-0.05, 0) is 182 Å². The topological polar surface area (TPSA) is 0 Å². The van der Waals surface area contributed by atoms with Crippen molar-refractivity contribution in [1.82, 2.24) is 0 Å². The summed E-state index contributed by atoms with van der Waals surface area (Å²) in [5.74, 6) is 6.15. The maximum atomic E-state index is 2.58.